The first-order valence-corrected chi connectivity index (χ1v) is 12.0. The highest BCUT2D eigenvalue weighted by Gasteiger charge is 2.18. The van der Waals surface area contributed by atoms with Gasteiger partial charge in [-0.05, 0) is 17.7 Å². The number of amides is 2. The first-order valence-electron chi connectivity index (χ1n) is 11.1. The Kier molecular flexibility index (Phi) is 6.54. The number of anilines is 1. The third kappa shape index (κ3) is 5.22. The van der Waals surface area contributed by atoms with Gasteiger partial charge in [0.15, 0.2) is 4.96 Å². The summed E-state index contributed by atoms with van der Waals surface area (Å²) in [6, 6.07) is 22.2. The zero-order valence-electron chi connectivity index (χ0n) is 18.7. The Morgan fingerprint density at radius 3 is 2.49 bits per heavy atom. The van der Waals surface area contributed by atoms with E-state index in [2.05, 4.69) is 5.32 Å². The molecule has 176 valence electrons. The second kappa shape index (κ2) is 10.1. The number of nitrogens with one attached hydrogen (secondary N) is 1. The number of rotatable bonds is 7. The van der Waals surface area contributed by atoms with Crippen molar-refractivity contribution in [3.05, 3.63) is 113 Å². The van der Waals surface area contributed by atoms with E-state index in [1.807, 2.05) is 76.6 Å². The molecule has 0 fully saturated rings. The van der Waals surface area contributed by atoms with Gasteiger partial charge in [0.25, 0.3) is 0 Å². The maximum Gasteiger partial charge on any atom is 0.322 e. The van der Waals surface area contributed by atoms with Crippen LogP contribution in [0.15, 0.2) is 90.4 Å². The number of fused-ring (bicyclic) bond motifs is 1. The molecular weight excluding hydrogens is 466 g/mol. The largest absolute Gasteiger partial charge is 0.322 e. The van der Waals surface area contributed by atoms with Crippen LogP contribution in [0.5, 0.6) is 0 Å². The fourth-order valence-electron chi connectivity index (χ4n) is 3.85. The van der Waals surface area contributed by atoms with Gasteiger partial charge in [-0.15, -0.1) is 11.3 Å². The number of hydrogen-bond donors (Lipinski definition) is 1. The summed E-state index contributed by atoms with van der Waals surface area (Å²) in [6.45, 7) is 0.746. The molecular formula is C27H22F2N4OS. The van der Waals surface area contributed by atoms with Crippen molar-refractivity contribution in [3.8, 4) is 11.3 Å². The number of imidazole rings is 1. The van der Waals surface area contributed by atoms with E-state index in [0.717, 1.165) is 39.6 Å². The van der Waals surface area contributed by atoms with Crippen LogP contribution in [0.3, 0.4) is 0 Å². The van der Waals surface area contributed by atoms with Crippen molar-refractivity contribution in [2.45, 2.75) is 13.0 Å². The molecule has 2 aromatic heterocycles. The van der Waals surface area contributed by atoms with Crippen LogP contribution in [0.1, 0.15) is 11.3 Å². The molecule has 5 nitrogen and oxygen atoms in total. The number of urea groups is 1. The van der Waals surface area contributed by atoms with E-state index < -0.39 is 17.7 Å². The van der Waals surface area contributed by atoms with Crippen LogP contribution in [0.4, 0.5) is 19.3 Å². The molecule has 5 aromatic rings. The van der Waals surface area contributed by atoms with Crippen LogP contribution in [0.25, 0.3) is 16.2 Å². The lowest BCUT2D eigenvalue weighted by Crippen LogP contribution is -2.36. The molecule has 0 unspecified atom stereocenters. The highest BCUT2D eigenvalue weighted by Crippen LogP contribution is 2.24. The molecule has 5 rings (SSSR count). The van der Waals surface area contributed by atoms with Crippen molar-refractivity contribution in [1.82, 2.24) is 14.3 Å². The zero-order chi connectivity index (χ0) is 24.2. The Morgan fingerprint density at radius 1 is 1.00 bits per heavy atom. The number of hydrogen-bond acceptors (Lipinski definition) is 3. The third-order valence-corrected chi connectivity index (χ3v) is 6.56. The molecule has 8 heteroatoms. The van der Waals surface area contributed by atoms with Gasteiger partial charge in [-0.25, -0.2) is 18.6 Å². The number of thiazole rings is 1. The van der Waals surface area contributed by atoms with Gasteiger partial charge < -0.3 is 10.2 Å². The second-order valence-electron chi connectivity index (χ2n) is 8.08. The third-order valence-electron chi connectivity index (χ3n) is 5.67. The molecule has 2 amide bonds. The Balaban J connectivity index is 1.36. The summed E-state index contributed by atoms with van der Waals surface area (Å²) >= 11 is 1.55. The first-order chi connectivity index (χ1) is 17.1. The van der Waals surface area contributed by atoms with Crippen molar-refractivity contribution in [1.29, 1.82) is 0 Å². The summed E-state index contributed by atoms with van der Waals surface area (Å²) in [5, 5.41) is 4.62. The summed E-state index contributed by atoms with van der Waals surface area (Å²) in [7, 11) is 0. The number of aromatic nitrogens is 2. The normalized spacial score (nSPS) is 11.0. The Bertz CT molecular complexity index is 1450. The van der Waals surface area contributed by atoms with Gasteiger partial charge in [0, 0.05) is 48.4 Å². The minimum atomic E-state index is -0.815. The van der Waals surface area contributed by atoms with E-state index in [-0.39, 0.29) is 5.69 Å². The molecule has 0 atom stereocenters. The number of benzene rings is 3. The zero-order valence-corrected chi connectivity index (χ0v) is 19.5. The number of nitrogens with zero attached hydrogens (tertiary/aromatic N) is 3. The molecule has 0 spiro atoms. The van der Waals surface area contributed by atoms with Crippen molar-refractivity contribution in [2.24, 2.45) is 0 Å². The van der Waals surface area contributed by atoms with E-state index in [1.165, 1.54) is 6.07 Å². The highest BCUT2D eigenvalue weighted by molar-refractivity contribution is 7.15. The van der Waals surface area contributed by atoms with Crippen molar-refractivity contribution >= 4 is 28.0 Å². The average molecular weight is 489 g/mol. The number of carbonyl (C=O) groups is 1. The van der Waals surface area contributed by atoms with Crippen molar-refractivity contribution in [2.75, 3.05) is 11.9 Å². The minimum absolute atomic E-state index is 0.0607. The van der Waals surface area contributed by atoms with Gasteiger partial charge in [0.05, 0.1) is 11.4 Å². The van der Waals surface area contributed by atoms with Gasteiger partial charge in [0.2, 0.25) is 0 Å². The van der Waals surface area contributed by atoms with Crippen LogP contribution < -0.4 is 5.32 Å². The van der Waals surface area contributed by atoms with E-state index in [1.54, 1.807) is 16.2 Å². The monoisotopic (exact) mass is 488 g/mol. The van der Waals surface area contributed by atoms with E-state index in [4.69, 9.17) is 4.98 Å². The van der Waals surface area contributed by atoms with Crippen LogP contribution in [0, 0.1) is 11.6 Å². The Hall–Kier alpha value is -4.04. The number of halogens is 2. The molecule has 1 N–H and O–H groups in total. The lowest BCUT2D eigenvalue weighted by atomic mass is 10.2. The maximum atomic E-state index is 14.1. The van der Waals surface area contributed by atoms with Gasteiger partial charge >= 0.3 is 6.03 Å². The molecule has 0 aliphatic heterocycles. The van der Waals surface area contributed by atoms with Gasteiger partial charge in [-0.1, -0.05) is 60.7 Å². The lowest BCUT2D eigenvalue weighted by molar-refractivity contribution is 0.209. The predicted molar refractivity (Wildman–Crippen MR) is 134 cm³/mol. The average Bonchev–Trinajstić information content (AvgIpc) is 3.46. The summed E-state index contributed by atoms with van der Waals surface area (Å²) in [5.74, 6) is -1.51. The molecule has 35 heavy (non-hydrogen) atoms. The number of carbonyl (C=O) groups excluding carboxylic acids is 1. The van der Waals surface area contributed by atoms with Crippen LogP contribution >= 0.6 is 11.3 Å². The molecule has 2 heterocycles. The minimum Gasteiger partial charge on any atom is -0.320 e. The topological polar surface area (TPSA) is 49.6 Å². The first kappa shape index (κ1) is 22.7. The Morgan fingerprint density at radius 2 is 1.74 bits per heavy atom. The van der Waals surface area contributed by atoms with Gasteiger partial charge in [-0.2, -0.15) is 0 Å². The van der Waals surface area contributed by atoms with Crippen molar-refractivity contribution in [3.63, 3.8) is 0 Å². The highest BCUT2D eigenvalue weighted by atomic mass is 32.1. The Labute approximate surface area is 205 Å². The smallest absolute Gasteiger partial charge is 0.320 e. The summed E-state index contributed by atoms with van der Waals surface area (Å²) in [5.41, 5.74) is 3.85. The van der Waals surface area contributed by atoms with E-state index in [9.17, 15) is 13.6 Å². The summed E-state index contributed by atoms with van der Waals surface area (Å²) in [4.78, 5) is 20.3. The van der Waals surface area contributed by atoms with Crippen LogP contribution in [-0.2, 0) is 13.0 Å². The van der Waals surface area contributed by atoms with Gasteiger partial charge in [-0.3, -0.25) is 4.40 Å². The summed E-state index contributed by atoms with van der Waals surface area (Å²) < 4.78 is 29.5. The molecule has 0 radical (unpaired) electrons. The van der Waals surface area contributed by atoms with Crippen molar-refractivity contribution < 1.29 is 13.6 Å². The molecule has 0 aliphatic rings. The lowest BCUT2D eigenvalue weighted by Gasteiger charge is -2.23. The fourth-order valence-corrected chi connectivity index (χ4v) is 4.76. The van der Waals surface area contributed by atoms with Crippen LogP contribution in [0.2, 0.25) is 0 Å². The second-order valence-corrected chi connectivity index (χ2v) is 8.92. The predicted octanol–water partition coefficient (Wildman–Crippen LogP) is 6.62. The molecule has 0 bridgehead atoms. The molecule has 0 aliphatic carbocycles. The van der Waals surface area contributed by atoms with Gasteiger partial charge in [0.1, 0.15) is 11.6 Å². The standard InChI is InChI=1S/C27H22F2N4OS/c28-21-11-12-24(23(29)15-21)30-26(34)32(16-19-7-3-1-4-8-19)14-13-22-18-35-27-31-25(17-33(22)27)20-9-5-2-6-10-20/h1-12,15,17-18H,13-14,16H2,(H,30,34). The maximum absolute atomic E-state index is 14.1. The summed E-state index contributed by atoms with van der Waals surface area (Å²) in [6.07, 6.45) is 2.59. The fraction of sp³-hybridized carbons (Fsp3) is 0.111. The molecule has 0 saturated carbocycles. The molecule has 3 aromatic carbocycles. The quantitative estimate of drug-likeness (QED) is 0.280. The molecule has 0 saturated heterocycles. The van der Waals surface area contributed by atoms with E-state index in [0.29, 0.717) is 19.5 Å². The SMILES string of the molecule is O=C(Nc1ccc(F)cc1F)N(CCc1csc2nc(-c3ccccc3)cn12)Cc1ccccc1. The van der Waals surface area contributed by atoms with E-state index >= 15 is 0 Å². The van der Waals surface area contributed by atoms with Crippen LogP contribution in [-0.4, -0.2) is 26.9 Å².